The molecular formula is C5H14Cl2OSi2. The van der Waals surface area contributed by atoms with Gasteiger partial charge in [-0.2, -0.15) is 0 Å². The summed E-state index contributed by atoms with van der Waals surface area (Å²) in [5.74, 6) is 0. The lowest BCUT2D eigenvalue weighted by Gasteiger charge is -2.26. The molecule has 0 rings (SSSR count). The highest BCUT2D eigenvalue weighted by molar-refractivity contribution is 6.91. The molecule has 10 heavy (non-hydrogen) atoms. The van der Waals surface area contributed by atoms with Crippen LogP contribution in [0.3, 0.4) is 0 Å². The molecule has 0 bridgehead atoms. The van der Waals surface area contributed by atoms with E-state index in [0.29, 0.717) is 0 Å². The first-order chi connectivity index (χ1) is 4.36. The van der Waals surface area contributed by atoms with Gasteiger partial charge in [0.05, 0.1) is 0 Å². The van der Waals surface area contributed by atoms with Crippen molar-refractivity contribution < 1.29 is 4.12 Å². The van der Waals surface area contributed by atoms with Crippen molar-refractivity contribution >= 4 is 40.6 Å². The van der Waals surface area contributed by atoms with E-state index < -0.39 is 17.4 Å². The van der Waals surface area contributed by atoms with Gasteiger partial charge < -0.3 is 4.12 Å². The molecule has 0 N–H and O–H groups in total. The van der Waals surface area contributed by atoms with Crippen molar-refractivity contribution in [3.05, 3.63) is 0 Å². The maximum absolute atomic E-state index is 5.74. The van der Waals surface area contributed by atoms with Crippen molar-refractivity contribution in [1.82, 2.24) is 0 Å². The molecule has 0 radical (unpaired) electrons. The fourth-order valence-electron chi connectivity index (χ4n) is 0.659. The second-order valence-electron chi connectivity index (χ2n) is 3.07. The molecule has 0 saturated carbocycles. The van der Waals surface area contributed by atoms with Gasteiger partial charge in [-0.3, -0.25) is 0 Å². The fraction of sp³-hybridized carbons (Fsp3) is 1.00. The second kappa shape index (κ2) is 4.11. The minimum absolute atomic E-state index is 0.303. The summed E-state index contributed by atoms with van der Waals surface area (Å²) in [5, 5.41) is 0. The zero-order valence-corrected chi connectivity index (χ0v) is 10.5. The Hall–Kier alpha value is 0.974. The van der Waals surface area contributed by atoms with Gasteiger partial charge in [0.15, 0.2) is 9.04 Å². The van der Waals surface area contributed by atoms with Crippen LogP contribution in [0.25, 0.3) is 0 Å². The summed E-state index contributed by atoms with van der Waals surface area (Å²) in [7, 11) is -2.71. The highest BCUT2D eigenvalue weighted by Gasteiger charge is 2.31. The Bertz CT molecular complexity index is 106. The van der Waals surface area contributed by atoms with E-state index in [1.165, 1.54) is 0 Å². The lowest BCUT2D eigenvalue weighted by atomic mass is 11.8. The quantitative estimate of drug-likeness (QED) is 0.521. The zero-order chi connectivity index (χ0) is 8.36. The van der Waals surface area contributed by atoms with Crippen molar-refractivity contribution in [2.24, 2.45) is 0 Å². The Morgan fingerprint density at radius 2 is 1.70 bits per heavy atom. The molecular weight excluding hydrogens is 203 g/mol. The summed E-state index contributed by atoms with van der Waals surface area (Å²) in [6, 6.07) is 0. The van der Waals surface area contributed by atoms with Crippen LogP contribution >= 0.6 is 23.2 Å². The molecule has 0 spiro atoms. The first-order valence-electron chi connectivity index (χ1n) is 3.32. The minimum atomic E-state index is -1.75. The maximum Gasteiger partial charge on any atom is 0.207 e. The Morgan fingerprint density at radius 3 is 1.80 bits per heavy atom. The van der Waals surface area contributed by atoms with Gasteiger partial charge in [0, 0.05) is 0 Å². The van der Waals surface area contributed by atoms with Crippen LogP contribution in [-0.4, -0.2) is 21.8 Å². The number of halogens is 2. The molecule has 0 aliphatic carbocycles. The first-order valence-corrected chi connectivity index (χ1v) is 9.96. The molecule has 0 atom stereocenters. The van der Waals surface area contributed by atoms with Crippen molar-refractivity contribution in [2.45, 2.75) is 30.6 Å². The van der Waals surface area contributed by atoms with Crippen LogP contribution < -0.4 is 0 Å². The monoisotopic (exact) mass is 216 g/mol. The van der Waals surface area contributed by atoms with E-state index in [0.717, 1.165) is 0 Å². The van der Waals surface area contributed by atoms with Crippen molar-refractivity contribution in [3.63, 3.8) is 0 Å². The van der Waals surface area contributed by atoms with E-state index in [4.69, 9.17) is 27.3 Å². The van der Waals surface area contributed by atoms with Gasteiger partial charge in [-0.15, -0.1) is 23.2 Å². The van der Waals surface area contributed by atoms with Crippen molar-refractivity contribution in [2.75, 3.05) is 0 Å². The molecule has 0 fully saturated rings. The van der Waals surface area contributed by atoms with Crippen LogP contribution in [0.2, 0.25) is 26.2 Å². The molecule has 0 aliphatic rings. The zero-order valence-electron chi connectivity index (χ0n) is 6.82. The average molecular weight is 217 g/mol. The Morgan fingerprint density at radius 1 is 1.30 bits per heavy atom. The van der Waals surface area contributed by atoms with Crippen LogP contribution in [0.5, 0.6) is 0 Å². The summed E-state index contributed by atoms with van der Waals surface area (Å²) in [6.45, 7) is 8.35. The highest BCUT2D eigenvalue weighted by Crippen LogP contribution is 2.20. The summed E-state index contributed by atoms with van der Waals surface area (Å²) < 4.78 is 5.41. The van der Waals surface area contributed by atoms with Crippen LogP contribution in [0.1, 0.15) is 0 Å². The smallest absolute Gasteiger partial charge is 0.207 e. The van der Waals surface area contributed by atoms with Gasteiger partial charge in [0.2, 0.25) is 8.32 Å². The summed E-state index contributed by atoms with van der Waals surface area (Å²) >= 11 is 11.5. The van der Waals surface area contributed by atoms with E-state index in [2.05, 4.69) is 13.1 Å². The van der Waals surface area contributed by atoms with Crippen LogP contribution in [-0.2, 0) is 4.12 Å². The van der Waals surface area contributed by atoms with Gasteiger partial charge in [-0.05, 0) is 26.2 Å². The molecule has 0 heterocycles. The predicted molar refractivity (Wildman–Crippen MR) is 52.9 cm³/mol. The number of hydrogen-bond acceptors (Lipinski definition) is 1. The van der Waals surface area contributed by atoms with E-state index >= 15 is 0 Å². The molecule has 0 aromatic rings. The van der Waals surface area contributed by atoms with E-state index in [9.17, 15) is 0 Å². The predicted octanol–water partition coefficient (Wildman–Crippen LogP) is 2.53. The topological polar surface area (TPSA) is 9.23 Å². The third-order valence-corrected chi connectivity index (χ3v) is 9.58. The lowest BCUT2D eigenvalue weighted by molar-refractivity contribution is 0.577. The molecule has 0 aromatic carbocycles. The summed E-state index contributed by atoms with van der Waals surface area (Å²) in [6.07, 6.45) is 0. The van der Waals surface area contributed by atoms with Gasteiger partial charge in [0.25, 0.3) is 0 Å². The average Bonchev–Trinajstić information content (AvgIpc) is 1.60. The van der Waals surface area contributed by atoms with Crippen LogP contribution in [0.4, 0.5) is 0 Å². The molecule has 0 amide bonds. The highest BCUT2D eigenvalue weighted by atomic mass is 35.5. The molecule has 0 saturated heterocycles. The SMILES string of the molecule is C[SiH](C)O[Si](C)(C)C(Cl)Cl. The van der Waals surface area contributed by atoms with Gasteiger partial charge in [-0.1, -0.05) is 0 Å². The Balaban J connectivity index is 3.87. The van der Waals surface area contributed by atoms with Gasteiger partial charge in [-0.25, -0.2) is 0 Å². The van der Waals surface area contributed by atoms with Crippen molar-refractivity contribution in [1.29, 1.82) is 0 Å². The summed E-state index contributed by atoms with van der Waals surface area (Å²) in [5.41, 5.74) is 0. The third kappa shape index (κ3) is 3.98. The van der Waals surface area contributed by atoms with E-state index in [-0.39, 0.29) is 4.46 Å². The van der Waals surface area contributed by atoms with Gasteiger partial charge >= 0.3 is 0 Å². The maximum atomic E-state index is 5.74. The normalized spacial score (nSPS) is 13.2. The minimum Gasteiger partial charge on any atom is -0.457 e. The number of hydrogen-bond donors (Lipinski definition) is 0. The number of rotatable bonds is 3. The number of alkyl halides is 2. The van der Waals surface area contributed by atoms with Crippen LogP contribution in [0.15, 0.2) is 0 Å². The molecule has 0 aliphatic heterocycles. The second-order valence-corrected chi connectivity index (χ2v) is 11.7. The Kier molecular flexibility index (Phi) is 4.51. The van der Waals surface area contributed by atoms with Gasteiger partial charge in [0.1, 0.15) is 4.46 Å². The lowest BCUT2D eigenvalue weighted by Crippen LogP contribution is -2.42. The summed E-state index contributed by atoms with van der Waals surface area (Å²) in [4.78, 5) is 0. The largest absolute Gasteiger partial charge is 0.457 e. The molecule has 0 aromatic heterocycles. The van der Waals surface area contributed by atoms with E-state index in [1.807, 2.05) is 13.1 Å². The third-order valence-electron chi connectivity index (χ3n) is 1.06. The van der Waals surface area contributed by atoms with E-state index in [1.54, 1.807) is 0 Å². The standard InChI is InChI=1S/C5H14Cl2OSi2/c1-9(2)8-10(3,4)5(6)7/h5,9H,1-4H3. The molecule has 5 heteroatoms. The fourth-order valence-corrected chi connectivity index (χ4v) is 6.86. The van der Waals surface area contributed by atoms with Crippen LogP contribution in [0, 0.1) is 0 Å². The Labute approximate surface area is 75.5 Å². The first kappa shape index (κ1) is 11.0. The van der Waals surface area contributed by atoms with Crippen molar-refractivity contribution in [3.8, 4) is 0 Å². The molecule has 1 nitrogen and oxygen atoms in total. The molecule has 62 valence electrons. The molecule has 0 unspecified atom stereocenters.